The molecule has 0 atom stereocenters. The van der Waals surface area contributed by atoms with Gasteiger partial charge in [-0.25, -0.2) is 10.4 Å². The number of anilines is 1. The Kier molecular flexibility index (Phi) is 7.14. The molecule has 0 fully saturated rings. The molecular formula is C23H26N4OS. The minimum atomic E-state index is -0.227. The van der Waals surface area contributed by atoms with E-state index in [0.717, 1.165) is 35.8 Å². The second-order valence-electron chi connectivity index (χ2n) is 6.65. The van der Waals surface area contributed by atoms with Gasteiger partial charge in [-0.1, -0.05) is 42.5 Å². The molecule has 0 saturated carbocycles. The van der Waals surface area contributed by atoms with E-state index in [1.54, 1.807) is 6.21 Å². The number of carbonyl (C=O) groups excluding carboxylic acids is 1. The molecular weight excluding hydrogens is 380 g/mol. The maximum atomic E-state index is 12.5. The lowest BCUT2D eigenvalue weighted by Crippen LogP contribution is -2.21. The number of aryl methyl sites for hydroxylation is 1. The number of rotatable bonds is 8. The van der Waals surface area contributed by atoms with Gasteiger partial charge in [0.1, 0.15) is 4.88 Å². The average molecular weight is 407 g/mol. The fraction of sp³-hybridized carbons (Fsp3) is 0.261. The first kappa shape index (κ1) is 20.7. The van der Waals surface area contributed by atoms with Gasteiger partial charge in [0.25, 0.3) is 5.91 Å². The lowest BCUT2D eigenvalue weighted by molar-refractivity contribution is 0.0958. The first-order valence-electron chi connectivity index (χ1n) is 9.79. The Bertz CT molecular complexity index is 960. The van der Waals surface area contributed by atoms with Crippen molar-refractivity contribution >= 4 is 29.1 Å². The standard InChI is InChI=1S/C23H26N4OS/c1-4-27(5-2)20-13-11-19(12-14-20)16-24-26-23(28)22-17(3)25-21(29-22)15-18-9-7-6-8-10-18/h6-14,16H,4-5,15H2,1-3H3,(H,26,28). The second kappa shape index (κ2) is 9.98. The number of aromatic nitrogens is 1. The molecule has 0 spiro atoms. The highest BCUT2D eigenvalue weighted by molar-refractivity contribution is 7.13. The zero-order valence-electron chi connectivity index (χ0n) is 17.1. The number of nitrogens with one attached hydrogen (secondary N) is 1. The molecule has 0 aliphatic carbocycles. The smallest absolute Gasteiger partial charge is 0.283 e. The molecule has 1 heterocycles. The first-order chi connectivity index (χ1) is 14.1. The third kappa shape index (κ3) is 5.51. The van der Waals surface area contributed by atoms with Crippen molar-refractivity contribution in [2.45, 2.75) is 27.2 Å². The lowest BCUT2D eigenvalue weighted by atomic mass is 10.2. The normalized spacial score (nSPS) is 11.0. The number of thiazole rings is 1. The molecule has 29 heavy (non-hydrogen) atoms. The highest BCUT2D eigenvalue weighted by Gasteiger charge is 2.15. The third-order valence-electron chi connectivity index (χ3n) is 4.65. The van der Waals surface area contributed by atoms with E-state index in [4.69, 9.17) is 0 Å². The topological polar surface area (TPSA) is 57.6 Å². The molecule has 150 valence electrons. The molecule has 0 aliphatic rings. The second-order valence-corrected chi connectivity index (χ2v) is 7.73. The van der Waals surface area contributed by atoms with E-state index in [9.17, 15) is 4.79 Å². The predicted molar refractivity (Wildman–Crippen MR) is 121 cm³/mol. The number of carbonyl (C=O) groups is 1. The molecule has 1 aromatic heterocycles. The molecule has 0 bridgehead atoms. The van der Waals surface area contributed by atoms with Crippen molar-refractivity contribution in [2.75, 3.05) is 18.0 Å². The van der Waals surface area contributed by atoms with Crippen LogP contribution < -0.4 is 10.3 Å². The summed E-state index contributed by atoms with van der Waals surface area (Å²) in [6.45, 7) is 8.08. The molecule has 5 nitrogen and oxygen atoms in total. The maximum Gasteiger partial charge on any atom is 0.283 e. The van der Waals surface area contributed by atoms with Crippen LogP contribution in [-0.2, 0) is 6.42 Å². The highest BCUT2D eigenvalue weighted by Crippen LogP contribution is 2.21. The Morgan fingerprint density at radius 3 is 2.45 bits per heavy atom. The Morgan fingerprint density at radius 1 is 1.10 bits per heavy atom. The number of hydrazone groups is 1. The summed E-state index contributed by atoms with van der Waals surface area (Å²) in [5, 5.41) is 5.03. The molecule has 3 rings (SSSR count). The fourth-order valence-electron chi connectivity index (χ4n) is 3.09. The van der Waals surface area contributed by atoms with Gasteiger partial charge < -0.3 is 4.90 Å². The zero-order valence-corrected chi connectivity index (χ0v) is 17.9. The van der Waals surface area contributed by atoms with E-state index in [1.807, 2.05) is 37.3 Å². The van der Waals surface area contributed by atoms with Crippen LogP contribution in [0.4, 0.5) is 5.69 Å². The molecule has 1 amide bonds. The van der Waals surface area contributed by atoms with Crippen molar-refractivity contribution < 1.29 is 4.79 Å². The predicted octanol–water partition coefficient (Wildman–Crippen LogP) is 4.65. The van der Waals surface area contributed by atoms with Crippen LogP contribution in [0.25, 0.3) is 0 Å². The summed E-state index contributed by atoms with van der Waals surface area (Å²) in [5.74, 6) is -0.227. The SMILES string of the molecule is CCN(CC)c1ccc(C=NNC(=O)c2sc(Cc3ccccc3)nc2C)cc1. The quantitative estimate of drug-likeness (QED) is 0.437. The maximum absolute atomic E-state index is 12.5. The van der Waals surface area contributed by atoms with Gasteiger partial charge in [-0.2, -0.15) is 5.10 Å². The number of hydrogen-bond acceptors (Lipinski definition) is 5. The number of benzene rings is 2. The Balaban J connectivity index is 1.60. The van der Waals surface area contributed by atoms with E-state index >= 15 is 0 Å². The lowest BCUT2D eigenvalue weighted by Gasteiger charge is -2.20. The summed E-state index contributed by atoms with van der Waals surface area (Å²) in [6, 6.07) is 18.3. The molecule has 0 unspecified atom stereocenters. The number of amides is 1. The summed E-state index contributed by atoms with van der Waals surface area (Å²) in [6.07, 6.45) is 2.38. The van der Waals surface area contributed by atoms with E-state index in [-0.39, 0.29) is 5.91 Å². The van der Waals surface area contributed by atoms with Gasteiger partial charge in [0.15, 0.2) is 0 Å². The van der Waals surface area contributed by atoms with Gasteiger partial charge in [0.05, 0.1) is 16.9 Å². The van der Waals surface area contributed by atoms with Crippen LogP contribution in [0.5, 0.6) is 0 Å². The van der Waals surface area contributed by atoms with Crippen molar-refractivity contribution in [2.24, 2.45) is 5.10 Å². The van der Waals surface area contributed by atoms with Crippen LogP contribution in [0, 0.1) is 6.92 Å². The molecule has 2 aromatic carbocycles. The minimum Gasteiger partial charge on any atom is -0.372 e. The van der Waals surface area contributed by atoms with Gasteiger partial charge in [-0.15, -0.1) is 11.3 Å². The monoisotopic (exact) mass is 406 g/mol. The van der Waals surface area contributed by atoms with Crippen LogP contribution >= 0.6 is 11.3 Å². The summed E-state index contributed by atoms with van der Waals surface area (Å²) in [7, 11) is 0. The van der Waals surface area contributed by atoms with E-state index in [2.05, 4.69) is 58.5 Å². The van der Waals surface area contributed by atoms with E-state index < -0.39 is 0 Å². The van der Waals surface area contributed by atoms with Crippen molar-refractivity contribution in [3.05, 3.63) is 81.3 Å². The Hall–Kier alpha value is -2.99. The summed E-state index contributed by atoms with van der Waals surface area (Å²) in [5.41, 5.74) is 6.65. The highest BCUT2D eigenvalue weighted by atomic mass is 32.1. The summed E-state index contributed by atoms with van der Waals surface area (Å²) in [4.78, 5) is 19.9. The van der Waals surface area contributed by atoms with Gasteiger partial charge in [0.2, 0.25) is 0 Å². The van der Waals surface area contributed by atoms with Gasteiger partial charge in [0, 0.05) is 25.2 Å². The Labute approximate surface area is 176 Å². The van der Waals surface area contributed by atoms with Crippen molar-refractivity contribution in [1.82, 2.24) is 10.4 Å². The van der Waals surface area contributed by atoms with Gasteiger partial charge in [-0.3, -0.25) is 4.79 Å². The molecule has 3 aromatic rings. The third-order valence-corrected chi connectivity index (χ3v) is 5.80. The van der Waals surface area contributed by atoms with Crippen molar-refractivity contribution in [3.63, 3.8) is 0 Å². The van der Waals surface area contributed by atoms with E-state index in [0.29, 0.717) is 4.88 Å². The van der Waals surface area contributed by atoms with Crippen molar-refractivity contribution in [3.8, 4) is 0 Å². The zero-order chi connectivity index (χ0) is 20.6. The molecule has 0 aliphatic heterocycles. The average Bonchev–Trinajstić information content (AvgIpc) is 3.11. The van der Waals surface area contributed by atoms with Crippen LogP contribution in [0.1, 0.15) is 45.3 Å². The summed E-state index contributed by atoms with van der Waals surface area (Å²) < 4.78 is 0. The molecule has 1 N–H and O–H groups in total. The largest absolute Gasteiger partial charge is 0.372 e. The van der Waals surface area contributed by atoms with Crippen molar-refractivity contribution in [1.29, 1.82) is 0 Å². The molecule has 6 heteroatoms. The summed E-state index contributed by atoms with van der Waals surface area (Å²) >= 11 is 1.42. The minimum absolute atomic E-state index is 0.227. The molecule has 0 saturated heterocycles. The van der Waals surface area contributed by atoms with Crippen LogP contribution in [0.2, 0.25) is 0 Å². The first-order valence-corrected chi connectivity index (χ1v) is 10.6. The van der Waals surface area contributed by atoms with Gasteiger partial charge in [-0.05, 0) is 44.0 Å². The van der Waals surface area contributed by atoms with Crippen LogP contribution in [-0.4, -0.2) is 30.2 Å². The number of hydrogen-bond donors (Lipinski definition) is 1. The van der Waals surface area contributed by atoms with Crippen LogP contribution in [0.15, 0.2) is 59.7 Å². The molecule has 0 radical (unpaired) electrons. The van der Waals surface area contributed by atoms with E-state index in [1.165, 1.54) is 22.6 Å². The van der Waals surface area contributed by atoms with Crippen LogP contribution in [0.3, 0.4) is 0 Å². The fourth-order valence-corrected chi connectivity index (χ4v) is 4.07. The Morgan fingerprint density at radius 2 is 1.79 bits per heavy atom. The van der Waals surface area contributed by atoms with Gasteiger partial charge >= 0.3 is 0 Å². The number of nitrogens with zero attached hydrogens (tertiary/aromatic N) is 3.